The molecule has 0 radical (unpaired) electrons. The molecule has 1 aliphatic rings. The first-order valence-corrected chi connectivity index (χ1v) is 13.0. The van der Waals surface area contributed by atoms with E-state index in [1.807, 2.05) is 36.4 Å². The molecule has 3 aromatic rings. The summed E-state index contributed by atoms with van der Waals surface area (Å²) in [7, 11) is 4.25. The highest BCUT2D eigenvalue weighted by Crippen LogP contribution is 2.25. The Hall–Kier alpha value is -2.54. The standard InChI is InChI=1S/C29H35BrN4O/c1-29(2,3)21-9-6-20(7-10-21)8-12-23-17-26(25-16-22(30)11-13-27(25)32-23)28(35)31-18-24-19-33(4)14-15-34(24)5/h6-13,16-17,24H,14-15,18-19H2,1-5H3,(H,31,35)/b12-8+. The molecule has 0 aliphatic carbocycles. The number of nitrogens with zero attached hydrogens (tertiary/aromatic N) is 3. The van der Waals surface area contributed by atoms with E-state index >= 15 is 0 Å². The van der Waals surface area contributed by atoms with E-state index in [4.69, 9.17) is 4.98 Å². The molecule has 1 saturated heterocycles. The molecule has 1 aromatic heterocycles. The predicted molar refractivity (Wildman–Crippen MR) is 150 cm³/mol. The van der Waals surface area contributed by atoms with Crippen LogP contribution >= 0.6 is 15.9 Å². The van der Waals surface area contributed by atoms with Crippen LogP contribution in [0.4, 0.5) is 0 Å². The monoisotopic (exact) mass is 534 g/mol. The quantitative estimate of drug-likeness (QED) is 0.473. The summed E-state index contributed by atoms with van der Waals surface area (Å²) in [5, 5.41) is 4.02. The molecule has 1 aliphatic heterocycles. The van der Waals surface area contributed by atoms with E-state index in [2.05, 4.69) is 90.2 Å². The number of amides is 1. The van der Waals surface area contributed by atoms with E-state index in [0.717, 1.165) is 46.3 Å². The Balaban J connectivity index is 1.58. The first-order valence-electron chi connectivity index (χ1n) is 12.2. The van der Waals surface area contributed by atoms with Crippen molar-refractivity contribution in [3.05, 3.63) is 75.4 Å². The summed E-state index contributed by atoms with van der Waals surface area (Å²) < 4.78 is 0.928. The van der Waals surface area contributed by atoms with Gasteiger partial charge in [-0.05, 0) is 61.0 Å². The Labute approximate surface area is 217 Å². The summed E-state index contributed by atoms with van der Waals surface area (Å²) >= 11 is 3.55. The zero-order valence-electron chi connectivity index (χ0n) is 21.3. The molecule has 0 bridgehead atoms. The minimum Gasteiger partial charge on any atom is -0.350 e. The van der Waals surface area contributed by atoms with Crippen molar-refractivity contribution >= 4 is 44.9 Å². The number of nitrogens with one attached hydrogen (secondary N) is 1. The number of aromatic nitrogens is 1. The third-order valence-corrected chi connectivity index (χ3v) is 7.23. The molecule has 0 saturated carbocycles. The SMILES string of the molecule is CN1CCN(C)C(CNC(=O)c2cc(/C=C/c3ccc(C(C)(C)C)cc3)nc3ccc(Br)cc23)C1. The number of carbonyl (C=O) groups is 1. The molecule has 1 amide bonds. The van der Waals surface area contributed by atoms with Crippen molar-refractivity contribution in [3.8, 4) is 0 Å². The molecule has 35 heavy (non-hydrogen) atoms. The average Bonchev–Trinajstić information content (AvgIpc) is 2.82. The van der Waals surface area contributed by atoms with Crippen molar-refractivity contribution in [2.75, 3.05) is 40.3 Å². The third kappa shape index (κ3) is 6.37. The van der Waals surface area contributed by atoms with Gasteiger partial charge < -0.3 is 10.2 Å². The molecule has 1 atom stereocenters. The summed E-state index contributed by atoms with van der Waals surface area (Å²) in [6, 6.07) is 16.7. The van der Waals surface area contributed by atoms with Crippen molar-refractivity contribution in [2.24, 2.45) is 0 Å². The van der Waals surface area contributed by atoms with Gasteiger partial charge in [-0.3, -0.25) is 9.69 Å². The molecule has 2 heterocycles. The Morgan fingerprint density at radius 1 is 1.09 bits per heavy atom. The van der Waals surface area contributed by atoms with Crippen LogP contribution in [0.2, 0.25) is 0 Å². The van der Waals surface area contributed by atoms with Gasteiger partial charge >= 0.3 is 0 Å². The second kappa shape index (κ2) is 10.6. The van der Waals surface area contributed by atoms with Crippen molar-refractivity contribution < 1.29 is 4.79 Å². The molecule has 2 aromatic carbocycles. The molecular formula is C29H35BrN4O. The van der Waals surface area contributed by atoms with Crippen LogP contribution in [0, 0.1) is 0 Å². The van der Waals surface area contributed by atoms with Gasteiger partial charge in [0.25, 0.3) is 5.91 Å². The largest absolute Gasteiger partial charge is 0.350 e. The van der Waals surface area contributed by atoms with Crippen LogP contribution in [0.5, 0.6) is 0 Å². The number of fused-ring (bicyclic) bond motifs is 1. The summed E-state index contributed by atoms with van der Waals surface area (Å²) in [5.74, 6) is -0.0682. The maximum absolute atomic E-state index is 13.3. The van der Waals surface area contributed by atoms with E-state index in [1.54, 1.807) is 0 Å². The fourth-order valence-electron chi connectivity index (χ4n) is 4.40. The number of carbonyl (C=O) groups excluding carboxylic acids is 1. The maximum atomic E-state index is 13.3. The van der Waals surface area contributed by atoms with Gasteiger partial charge in [0, 0.05) is 42.1 Å². The van der Waals surface area contributed by atoms with Gasteiger partial charge in [0.15, 0.2) is 0 Å². The second-order valence-electron chi connectivity index (χ2n) is 10.6. The maximum Gasteiger partial charge on any atom is 0.252 e. The topological polar surface area (TPSA) is 48.5 Å². The van der Waals surface area contributed by atoms with E-state index in [1.165, 1.54) is 5.56 Å². The Kier molecular flexibility index (Phi) is 7.74. The fraction of sp³-hybridized carbons (Fsp3) is 0.379. The summed E-state index contributed by atoms with van der Waals surface area (Å²) in [6.45, 7) is 10.3. The van der Waals surface area contributed by atoms with Crippen molar-refractivity contribution in [1.29, 1.82) is 0 Å². The molecule has 184 valence electrons. The molecule has 6 heteroatoms. The smallest absolute Gasteiger partial charge is 0.252 e. The third-order valence-electron chi connectivity index (χ3n) is 6.74. The van der Waals surface area contributed by atoms with Crippen LogP contribution in [0.15, 0.2) is 53.0 Å². The number of benzene rings is 2. The van der Waals surface area contributed by atoms with Gasteiger partial charge in [0.05, 0.1) is 16.8 Å². The van der Waals surface area contributed by atoms with Crippen LogP contribution < -0.4 is 5.32 Å². The van der Waals surface area contributed by atoms with Crippen LogP contribution in [-0.4, -0.2) is 67.0 Å². The number of hydrogen-bond donors (Lipinski definition) is 1. The number of halogens is 1. The van der Waals surface area contributed by atoms with Crippen molar-refractivity contribution in [2.45, 2.75) is 32.2 Å². The van der Waals surface area contributed by atoms with Crippen LogP contribution in [0.1, 0.15) is 48.0 Å². The highest BCUT2D eigenvalue weighted by molar-refractivity contribution is 9.10. The lowest BCUT2D eigenvalue weighted by Gasteiger charge is -2.37. The molecule has 1 unspecified atom stereocenters. The zero-order chi connectivity index (χ0) is 25.2. The average molecular weight is 536 g/mol. The van der Waals surface area contributed by atoms with Gasteiger partial charge in [0.2, 0.25) is 0 Å². The van der Waals surface area contributed by atoms with Crippen LogP contribution in [-0.2, 0) is 5.41 Å². The first-order chi connectivity index (χ1) is 16.6. The van der Waals surface area contributed by atoms with Crippen LogP contribution in [0.3, 0.4) is 0 Å². The first kappa shape index (κ1) is 25.5. The summed E-state index contributed by atoms with van der Waals surface area (Å²) in [5.41, 5.74) is 4.74. The number of likely N-dealkylation sites (N-methyl/N-ethyl adjacent to an activating group) is 2. The number of piperazine rings is 1. The lowest BCUT2D eigenvalue weighted by molar-refractivity contribution is 0.0882. The molecule has 1 fully saturated rings. The van der Waals surface area contributed by atoms with E-state index in [-0.39, 0.29) is 11.3 Å². The molecule has 1 N–H and O–H groups in total. The Bertz CT molecular complexity index is 1230. The number of rotatable bonds is 5. The molecular weight excluding hydrogens is 500 g/mol. The molecule has 4 rings (SSSR count). The van der Waals surface area contributed by atoms with Crippen LogP contribution in [0.25, 0.3) is 23.1 Å². The minimum absolute atomic E-state index is 0.0682. The normalized spacial score (nSPS) is 17.8. The zero-order valence-corrected chi connectivity index (χ0v) is 22.9. The van der Waals surface area contributed by atoms with Gasteiger partial charge in [-0.2, -0.15) is 0 Å². The molecule has 0 spiro atoms. The van der Waals surface area contributed by atoms with Gasteiger partial charge in [-0.25, -0.2) is 4.98 Å². The fourth-order valence-corrected chi connectivity index (χ4v) is 4.76. The van der Waals surface area contributed by atoms with Gasteiger partial charge in [0.1, 0.15) is 0 Å². The minimum atomic E-state index is -0.0682. The lowest BCUT2D eigenvalue weighted by Crippen LogP contribution is -2.54. The second-order valence-corrected chi connectivity index (χ2v) is 11.5. The lowest BCUT2D eigenvalue weighted by atomic mass is 9.87. The van der Waals surface area contributed by atoms with Crippen molar-refractivity contribution in [3.63, 3.8) is 0 Å². The highest BCUT2D eigenvalue weighted by Gasteiger charge is 2.23. The van der Waals surface area contributed by atoms with Crippen molar-refractivity contribution in [1.82, 2.24) is 20.1 Å². The predicted octanol–water partition coefficient (Wildman–Crippen LogP) is 5.44. The summed E-state index contributed by atoms with van der Waals surface area (Å²) in [6.07, 6.45) is 4.03. The highest BCUT2D eigenvalue weighted by atomic mass is 79.9. The van der Waals surface area contributed by atoms with Gasteiger partial charge in [-0.15, -0.1) is 0 Å². The van der Waals surface area contributed by atoms with Gasteiger partial charge in [-0.1, -0.05) is 67.0 Å². The number of hydrogen-bond acceptors (Lipinski definition) is 4. The summed E-state index contributed by atoms with van der Waals surface area (Å²) in [4.78, 5) is 22.8. The Morgan fingerprint density at radius 2 is 1.83 bits per heavy atom. The molecule has 5 nitrogen and oxygen atoms in total. The van der Waals surface area contributed by atoms with E-state index in [9.17, 15) is 4.79 Å². The number of pyridine rings is 1. The van der Waals surface area contributed by atoms with E-state index < -0.39 is 0 Å². The Morgan fingerprint density at radius 3 is 2.54 bits per heavy atom. The van der Waals surface area contributed by atoms with E-state index in [0.29, 0.717) is 18.2 Å².